The van der Waals surface area contributed by atoms with Crippen LogP contribution in [0.5, 0.6) is 5.75 Å². The Morgan fingerprint density at radius 3 is 2.42 bits per heavy atom. The number of fused-ring (bicyclic) bond motifs is 1. The van der Waals surface area contributed by atoms with Gasteiger partial charge in [0.1, 0.15) is 10.6 Å². The van der Waals surface area contributed by atoms with E-state index in [-0.39, 0.29) is 22.5 Å². The van der Waals surface area contributed by atoms with Crippen molar-refractivity contribution in [1.29, 1.82) is 0 Å². The Labute approximate surface area is 153 Å². The molecule has 0 bridgehead atoms. The Hall–Kier alpha value is -2.61. The molecule has 2 aromatic rings. The summed E-state index contributed by atoms with van der Waals surface area (Å²) in [4.78, 5) is 18.4. The molecule has 8 heteroatoms. The van der Waals surface area contributed by atoms with Gasteiger partial charge in [-0.25, -0.2) is 18.2 Å². The highest BCUT2D eigenvalue weighted by Crippen LogP contribution is 2.38. The summed E-state index contributed by atoms with van der Waals surface area (Å²) in [6.45, 7) is 7.33. The van der Waals surface area contributed by atoms with Crippen LogP contribution in [0, 0.1) is 13.8 Å². The van der Waals surface area contributed by atoms with Gasteiger partial charge in [-0.1, -0.05) is 0 Å². The highest BCUT2D eigenvalue weighted by molar-refractivity contribution is 7.94. The second-order valence-corrected chi connectivity index (χ2v) is 8.31. The summed E-state index contributed by atoms with van der Waals surface area (Å²) in [5.74, 6) is 0.596. The minimum atomic E-state index is -4.07. The molecule has 138 valence electrons. The van der Waals surface area contributed by atoms with Gasteiger partial charge < -0.3 is 4.74 Å². The normalized spacial score (nSPS) is 16.0. The Kier molecular flexibility index (Phi) is 4.39. The van der Waals surface area contributed by atoms with E-state index < -0.39 is 16.1 Å². The quantitative estimate of drug-likeness (QED) is 0.823. The fourth-order valence-corrected chi connectivity index (χ4v) is 4.47. The molecule has 1 aliphatic rings. The predicted octanol–water partition coefficient (Wildman–Crippen LogP) is 3.25. The first kappa shape index (κ1) is 18.2. The van der Waals surface area contributed by atoms with Crippen LogP contribution in [0.1, 0.15) is 25.1 Å². The summed E-state index contributed by atoms with van der Waals surface area (Å²) in [6, 6.07) is 7.33. The number of sulfonamides is 1. The number of nitrogens with zero attached hydrogens (tertiary/aromatic N) is 3. The van der Waals surface area contributed by atoms with Gasteiger partial charge in [0.25, 0.3) is 10.0 Å². The number of carbonyl (C=O) groups is 1. The zero-order valence-electron chi connectivity index (χ0n) is 15.3. The van der Waals surface area contributed by atoms with Gasteiger partial charge in [0, 0.05) is 18.8 Å². The first-order chi connectivity index (χ1) is 12.1. The van der Waals surface area contributed by atoms with Crippen LogP contribution in [0.2, 0.25) is 0 Å². The van der Waals surface area contributed by atoms with E-state index >= 15 is 0 Å². The fourth-order valence-electron chi connectivity index (χ4n) is 2.91. The molecule has 0 aliphatic carbocycles. The number of hydrogen-bond donors (Lipinski definition) is 0. The molecular formula is C18H21N3O4S. The van der Waals surface area contributed by atoms with Gasteiger partial charge in [-0.15, -0.1) is 0 Å². The van der Waals surface area contributed by atoms with Gasteiger partial charge in [-0.3, -0.25) is 4.90 Å². The van der Waals surface area contributed by atoms with Crippen molar-refractivity contribution >= 4 is 27.6 Å². The zero-order valence-corrected chi connectivity index (χ0v) is 16.2. The molecule has 0 saturated carbocycles. The monoisotopic (exact) mass is 375 g/mol. The van der Waals surface area contributed by atoms with Gasteiger partial charge in [0.05, 0.1) is 11.8 Å². The van der Waals surface area contributed by atoms with Crippen LogP contribution in [0.15, 0.2) is 35.2 Å². The molecule has 1 aromatic carbocycles. The Balaban J connectivity index is 2.17. The molecule has 0 spiro atoms. The Bertz CT molecular complexity index is 966. The first-order valence-electron chi connectivity index (χ1n) is 8.20. The lowest BCUT2D eigenvalue weighted by molar-refractivity contribution is 0.242. The van der Waals surface area contributed by atoms with Crippen molar-refractivity contribution in [3.05, 3.63) is 41.6 Å². The van der Waals surface area contributed by atoms with Crippen LogP contribution in [0.4, 0.5) is 16.3 Å². The van der Waals surface area contributed by atoms with Crippen molar-refractivity contribution in [2.75, 3.05) is 16.3 Å². The fraction of sp³-hybridized carbons (Fsp3) is 0.333. The number of aryl methyl sites for hydroxylation is 2. The van der Waals surface area contributed by atoms with Crippen molar-refractivity contribution in [1.82, 2.24) is 4.98 Å². The smallest absolute Gasteiger partial charge is 0.344 e. The van der Waals surface area contributed by atoms with E-state index in [0.717, 1.165) is 9.87 Å². The lowest BCUT2D eigenvalue weighted by atomic mass is 10.2. The minimum Gasteiger partial charge on any atom is -0.491 e. The summed E-state index contributed by atoms with van der Waals surface area (Å²) < 4.78 is 32.6. The molecular weight excluding hydrogens is 354 g/mol. The number of pyridine rings is 1. The van der Waals surface area contributed by atoms with Crippen LogP contribution in [0.25, 0.3) is 0 Å². The second-order valence-electron chi connectivity index (χ2n) is 6.55. The average Bonchev–Trinajstić information content (AvgIpc) is 2.51. The molecule has 1 aliphatic heterocycles. The highest BCUT2D eigenvalue weighted by Gasteiger charge is 2.42. The van der Waals surface area contributed by atoms with E-state index in [0.29, 0.717) is 11.4 Å². The van der Waals surface area contributed by atoms with E-state index in [4.69, 9.17) is 4.74 Å². The topological polar surface area (TPSA) is 79.8 Å². The number of anilines is 2. The van der Waals surface area contributed by atoms with E-state index in [2.05, 4.69) is 4.98 Å². The maximum Gasteiger partial charge on any atom is 0.344 e. The first-order valence-corrected chi connectivity index (χ1v) is 9.64. The summed E-state index contributed by atoms with van der Waals surface area (Å²) in [5.41, 5.74) is 1.75. The molecule has 0 N–H and O–H groups in total. The molecule has 0 unspecified atom stereocenters. The van der Waals surface area contributed by atoms with Crippen molar-refractivity contribution < 1.29 is 17.9 Å². The van der Waals surface area contributed by atoms with Gasteiger partial charge in [0.2, 0.25) is 0 Å². The number of amides is 2. The number of hydrogen-bond acceptors (Lipinski definition) is 5. The maximum atomic E-state index is 13.1. The molecule has 26 heavy (non-hydrogen) atoms. The molecule has 3 rings (SSSR count). The second kappa shape index (κ2) is 6.28. The van der Waals surface area contributed by atoms with Gasteiger partial charge >= 0.3 is 6.03 Å². The zero-order chi connectivity index (χ0) is 19.2. The number of carbonyl (C=O) groups excluding carboxylic acids is 1. The van der Waals surface area contributed by atoms with Crippen LogP contribution < -0.4 is 13.9 Å². The average molecular weight is 375 g/mol. The molecule has 0 fully saturated rings. The summed E-state index contributed by atoms with van der Waals surface area (Å²) in [7, 11) is -2.54. The van der Waals surface area contributed by atoms with Crippen LogP contribution >= 0.6 is 0 Å². The third-order valence-electron chi connectivity index (χ3n) is 3.93. The van der Waals surface area contributed by atoms with Crippen molar-refractivity contribution in [3.8, 4) is 5.75 Å². The Morgan fingerprint density at radius 1 is 1.12 bits per heavy atom. The van der Waals surface area contributed by atoms with Crippen LogP contribution in [-0.4, -0.2) is 32.6 Å². The molecule has 2 heterocycles. The number of urea groups is 1. The third-order valence-corrected chi connectivity index (χ3v) is 5.66. The summed E-state index contributed by atoms with van der Waals surface area (Å²) in [5, 5.41) is 0. The van der Waals surface area contributed by atoms with Gasteiger partial charge in [-0.05, 0) is 57.5 Å². The van der Waals surface area contributed by atoms with E-state index in [9.17, 15) is 13.2 Å². The lowest BCUT2D eigenvalue weighted by Crippen LogP contribution is -2.49. The molecule has 0 atom stereocenters. The predicted molar refractivity (Wildman–Crippen MR) is 99.4 cm³/mol. The molecule has 0 radical (unpaired) electrons. The standard InChI is InChI=1S/C18H21N3O4S/c1-11(2)25-14-6-7-16-15(10-14)20(5)18(22)21(26(16,23)24)17-9-12(3)8-13(4)19-17/h6-11H,1-5H3. The maximum absolute atomic E-state index is 13.1. The SMILES string of the molecule is Cc1cc(C)nc(N2C(=O)N(C)c3cc(OC(C)C)ccc3S2(=O)=O)c1. The molecule has 0 saturated heterocycles. The van der Waals surface area contributed by atoms with Crippen molar-refractivity contribution in [3.63, 3.8) is 0 Å². The van der Waals surface area contributed by atoms with Gasteiger partial charge in [0.15, 0.2) is 5.82 Å². The number of benzene rings is 1. The number of rotatable bonds is 3. The van der Waals surface area contributed by atoms with Crippen LogP contribution in [0.3, 0.4) is 0 Å². The minimum absolute atomic E-state index is 0.0386. The summed E-state index contributed by atoms with van der Waals surface area (Å²) >= 11 is 0. The largest absolute Gasteiger partial charge is 0.491 e. The number of ether oxygens (including phenoxy) is 1. The third kappa shape index (κ3) is 3.01. The number of aromatic nitrogens is 1. The van der Waals surface area contributed by atoms with E-state index in [1.54, 1.807) is 25.1 Å². The molecule has 7 nitrogen and oxygen atoms in total. The molecule has 2 amide bonds. The highest BCUT2D eigenvalue weighted by atomic mass is 32.2. The molecule has 1 aromatic heterocycles. The van der Waals surface area contributed by atoms with Crippen molar-refractivity contribution in [2.24, 2.45) is 0 Å². The van der Waals surface area contributed by atoms with Crippen molar-refractivity contribution in [2.45, 2.75) is 38.7 Å². The Morgan fingerprint density at radius 2 is 1.81 bits per heavy atom. The van der Waals surface area contributed by atoms with E-state index in [1.165, 1.54) is 18.0 Å². The van der Waals surface area contributed by atoms with Gasteiger partial charge in [-0.2, -0.15) is 4.31 Å². The van der Waals surface area contributed by atoms with Crippen LogP contribution in [-0.2, 0) is 10.0 Å². The summed E-state index contributed by atoms with van der Waals surface area (Å²) in [6.07, 6.45) is -0.0646. The lowest BCUT2D eigenvalue weighted by Gasteiger charge is -2.34. The van der Waals surface area contributed by atoms with E-state index in [1.807, 2.05) is 26.8 Å².